The molecular weight excluding hydrogens is 210 g/mol. The first-order valence-electron chi connectivity index (χ1n) is 6.00. The van der Waals surface area contributed by atoms with E-state index in [9.17, 15) is 0 Å². The van der Waals surface area contributed by atoms with E-state index in [1.807, 2.05) is 24.5 Å². The first-order valence-corrected chi connectivity index (χ1v) is 6.00. The van der Waals surface area contributed by atoms with Crippen LogP contribution in [0.3, 0.4) is 0 Å². The number of nitrogens with zero attached hydrogens (tertiary/aromatic N) is 2. The van der Waals surface area contributed by atoms with Gasteiger partial charge in [0.1, 0.15) is 5.82 Å². The van der Waals surface area contributed by atoms with Gasteiger partial charge in [-0.25, -0.2) is 4.98 Å². The van der Waals surface area contributed by atoms with Crippen molar-refractivity contribution in [1.29, 1.82) is 0 Å². The number of nitrogens with two attached hydrogens (primary N) is 1. The summed E-state index contributed by atoms with van der Waals surface area (Å²) in [6.07, 6.45) is 7.26. The van der Waals surface area contributed by atoms with E-state index in [1.165, 1.54) is 23.2 Å². The van der Waals surface area contributed by atoms with Crippen molar-refractivity contribution in [1.82, 2.24) is 9.97 Å². The first kappa shape index (κ1) is 10.3. The highest BCUT2D eigenvalue weighted by atomic mass is 14.8. The molecule has 3 heteroatoms. The van der Waals surface area contributed by atoms with Crippen LogP contribution in [0, 0.1) is 0 Å². The second-order valence-corrected chi connectivity index (χ2v) is 4.51. The molecule has 17 heavy (non-hydrogen) atoms. The molecule has 3 nitrogen and oxygen atoms in total. The van der Waals surface area contributed by atoms with Crippen molar-refractivity contribution >= 4 is 5.82 Å². The minimum absolute atomic E-state index is 0.382. The average molecular weight is 225 g/mol. The Morgan fingerprint density at radius 3 is 2.94 bits per heavy atom. The number of hydrogen-bond acceptors (Lipinski definition) is 3. The fourth-order valence-electron chi connectivity index (χ4n) is 2.56. The van der Waals surface area contributed by atoms with E-state index in [0.29, 0.717) is 11.7 Å². The van der Waals surface area contributed by atoms with Crippen LogP contribution in [0.25, 0.3) is 0 Å². The number of hydrogen-bond donors (Lipinski definition) is 1. The predicted octanol–water partition coefficient (Wildman–Crippen LogP) is 2.53. The molecule has 0 amide bonds. The zero-order valence-electron chi connectivity index (χ0n) is 9.63. The Morgan fingerprint density at radius 2 is 2.12 bits per heavy atom. The third kappa shape index (κ3) is 1.88. The Kier molecular flexibility index (Phi) is 2.52. The Morgan fingerprint density at radius 1 is 1.18 bits per heavy atom. The standard InChI is InChI=1S/C14H15N3/c15-13-7-6-11(9-17-13)12-5-1-3-10-4-2-8-16-14(10)12/h2,4,6-9,12H,1,3,5H2,(H2,15,17). The van der Waals surface area contributed by atoms with Crippen molar-refractivity contribution in [3.63, 3.8) is 0 Å². The van der Waals surface area contributed by atoms with Gasteiger partial charge in [0.2, 0.25) is 0 Å². The van der Waals surface area contributed by atoms with E-state index in [1.54, 1.807) is 0 Å². The maximum absolute atomic E-state index is 5.62. The van der Waals surface area contributed by atoms with Crippen LogP contribution in [-0.2, 0) is 6.42 Å². The van der Waals surface area contributed by atoms with Crippen molar-refractivity contribution in [3.8, 4) is 0 Å². The van der Waals surface area contributed by atoms with E-state index in [4.69, 9.17) is 5.73 Å². The number of pyridine rings is 2. The van der Waals surface area contributed by atoms with Crippen LogP contribution in [0.4, 0.5) is 5.82 Å². The lowest BCUT2D eigenvalue weighted by Crippen LogP contribution is -2.13. The third-order valence-electron chi connectivity index (χ3n) is 3.41. The molecule has 0 fully saturated rings. The molecule has 0 spiro atoms. The first-order chi connectivity index (χ1) is 8.34. The molecule has 0 saturated carbocycles. The minimum Gasteiger partial charge on any atom is -0.384 e. The van der Waals surface area contributed by atoms with Crippen LogP contribution >= 0.6 is 0 Å². The van der Waals surface area contributed by atoms with Crippen LogP contribution < -0.4 is 5.73 Å². The summed E-state index contributed by atoms with van der Waals surface area (Å²) in [6.45, 7) is 0. The molecule has 2 aromatic heterocycles. The van der Waals surface area contributed by atoms with Crippen molar-refractivity contribution in [2.45, 2.75) is 25.2 Å². The smallest absolute Gasteiger partial charge is 0.123 e. The van der Waals surface area contributed by atoms with Gasteiger partial charge in [-0.3, -0.25) is 4.98 Å². The number of aromatic nitrogens is 2. The fourth-order valence-corrected chi connectivity index (χ4v) is 2.56. The normalized spacial score (nSPS) is 18.7. The molecule has 3 rings (SSSR count). The molecular formula is C14H15N3. The fraction of sp³-hybridized carbons (Fsp3) is 0.286. The Hall–Kier alpha value is -1.90. The predicted molar refractivity (Wildman–Crippen MR) is 67.7 cm³/mol. The summed E-state index contributed by atoms with van der Waals surface area (Å²) in [5, 5.41) is 0. The Bertz CT molecular complexity index is 519. The van der Waals surface area contributed by atoms with Gasteiger partial charge in [-0.1, -0.05) is 12.1 Å². The van der Waals surface area contributed by atoms with Gasteiger partial charge in [-0.15, -0.1) is 0 Å². The maximum atomic E-state index is 5.62. The molecule has 0 bridgehead atoms. The third-order valence-corrected chi connectivity index (χ3v) is 3.41. The summed E-state index contributed by atoms with van der Waals surface area (Å²) >= 11 is 0. The lowest BCUT2D eigenvalue weighted by Gasteiger charge is -2.24. The zero-order valence-corrected chi connectivity index (χ0v) is 9.63. The molecule has 2 N–H and O–H groups in total. The quantitative estimate of drug-likeness (QED) is 0.811. The molecule has 1 aliphatic carbocycles. The van der Waals surface area contributed by atoms with Crippen molar-refractivity contribution in [2.75, 3.05) is 5.73 Å². The highest BCUT2D eigenvalue weighted by molar-refractivity contribution is 5.37. The van der Waals surface area contributed by atoms with E-state index in [-0.39, 0.29) is 0 Å². The molecule has 0 aromatic carbocycles. The number of nitrogen functional groups attached to an aromatic ring is 1. The van der Waals surface area contributed by atoms with E-state index in [2.05, 4.69) is 22.1 Å². The van der Waals surface area contributed by atoms with Crippen LogP contribution in [0.2, 0.25) is 0 Å². The van der Waals surface area contributed by atoms with Gasteiger partial charge in [0.05, 0.1) is 5.69 Å². The molecule has 1 unspecified atom stereocenters. The van der Waals surface area contributed by atoms with Gasteiger partial charge < -0.3 is 5.73 Å². The van der Waals surface area contributed by atoms with Gasteiger partial charge in [0.15, 0.2) is 0 Å². The topological polar surface area (TPSA) is 51.8 Å². The summed E-state index contributed by atoms with van der Waals surface area (Å²) < 4.78 is 0. The summed E-state index contributed by atoms with van der Waals surface area (Å²) in [5.74, 6) is 0.957. The Labute approximate surface area is 101 Å². The molecule has 86 valence electrons. The van der Waals surface area contributed by atoms with Crippen molar-refractivity contribution in [2.24, 2.45) is 0 Å². The van der Waals surface area contributed by atoms with Gasteiger partial charge >= 0.3 is 0 Å². The van der Waals surface area contributed by atoms with Crippen LogP contribution in [0.15, 0.2) is 36.7 Å². The van der Waals surface area contributed by atoms with Gasteiger partial charge in [0, 0.05) is 18.3 Å². The number of anilines is 1. The summed E-state index contributed by atoms with van der Waals surface area (Å²) in [6, 6.07) is 8.13. The molecule has 0 saturated heterocycles. The molecule has 1 atom stereocenters. The van der Waals surface area contributed by atoms with E-state index >= 15 is 0 Å². The lowest BCUT2D eigenvalue weighted by atomic mass is 9.83. The largest absolute Gasteiger partial charge is 0.384 e. The highest BCUT2D eigenvalue weighted by Crippen LogP contribution is 2.34. The number of rotatable bonds is 1. The highest BCUT2D eigenvalue weighted by Gasteiger charge is 2.22. The van der Waals surface area contributed by atoms with E-state index in [0.717, 1.165) is 12.8 Å². The molecule has 0 aliphatic heterocycles. The second kappa shape index (κ2) is 4.17. The zero-order chi connectivity index (χ0) is 11.7. The van der Waals surface area contributed by atoms with E-state index < -0.39 is 0 Å². The van der Waals surface area contributed by atoms with Gasteiger partial charge in [0.25, 0.3) is 0 Å². The monoisotopic (exact) mass is 225 g/mol. The number of fused-ring (bicyclic) bond motifs is 1. The maximum Gasteiger partial charge on any atom is 0.123 e. The van der Waals surface area contributed by atoms with Crippen molar-refractivity contribution < 1.29 is 0 Å². The lowest BCUT2D eigenvalue weighted by molar-refractivity contribution is 0.597. The SMILES string of the molecule is Nc1ccc(C2CCCc3cccnc32)cn1. The Balaban J connectivity index is 2.03. The van der Waals surface area contributed by atoms with Crippen LogP contribution in [0.1, 0.15) is 35.6 Å². The summed E-state index contributed by atoms with van der Waals surface area (Å²) in [4.78, 5) is 8.72. The molecule has 2 heterocycles. The average Bonchev–Trinajstić information content (AvgIpc) is 2.39. The molecule has 1 aliphatic rings. The van der Waals surface area contributed by atoms with Gasteiger partial charge in [-0.2, -0.15) is 0 Å². The van der Waals surface area contributed by atoms with Crippen LogP contribution in [-0.4, -0.2) is 9.97 Å². The van der Waals surface area contributed by atoms with Crippen molar-refractivity contribution in [3.05, 3.63) is 53.5 Å². The minimum atomic E-state index is 0.382. The van der Waals surface area contributed by atoms with Gasteiger partial charge in [-0.05, 0) is 42.5 Å². The molecule has 2 aromatic rings. The van der Waals surface area contributed by atoms with Crippen LogP contribution in [0.5, 0.6) is 0 Å². The summed E-state index contributed by atoms with van der Waals surface area (Å²) in [5.41, 5.74) is 9.43. The number of aryl methyl sites for hydroxylation is 1. The second-order valence-electron chi connectivity index (χ2n) is 4.51. The summed E-state index contributed by atoms with van der Waals surface area (Å²) in [7, 11) is 0. The molecule has 0 radical (unpaired) electrons.